The van der Waals surface area contributed by atoms with E-state index in [0.717, 1.165) is 24.6 Å². The van der Waals surface area contributed by atoms with E-state index in [2.05, 4.69) is 33.0 Å². The van der Waals surface area contributed by atoms with Crippen molar-refractivity contribution < 1.29 is 13.2 Å². The van der Waals surface area contributed by atoms with Crippen molar-refractivity contribution in [2.45, 2.75) is 51.2 Å². The highest BCUT2D eigenvalue weighted by molar-refractivity contribution is 5.38. The summed E-state index contributed by atoms with van der Waals surface area (Å²) in [5.74, 6) is 0.417. The van der Waals surface area contributed by atoms with E-state index in [9.17, 15) is 13.2 Å². The summed E-state index contributed by atoms with van der Waals surface area (Å²) < 4.78 is 38.5. The van der Waals surface area contributed by atoms with Crippen LogP contribution in [-0.2, 0) is 11.6 Å². The zero-order chi connectivity index (χ0) is 15.2. The van der Waals surface area contributed by atoms with Gasteiger partial charge in [0.25, 0.3) is 0 Å². The molecule has 0 aliphatic heterocycles. The first kappa shape index (κ1) is 15.4. The lowest BCUT2D eigenvalue weighted by Gasteiger charge is -2.26. The van der Waals surface area contributed by atoms with Crippen LogP contribution >= 0.6 is 0 Å². The molecule has 2 atom stereocenters. The summed E-state index contributed by atoms with van der Waals surface area (Å²) in [6.07, 6.45) is -3.33. The average Bonchev–Trinajstić information content (AvgIpc) is 2.97. The molecular weight excluding hydrogens is 263 g/mol. The fourth-order valence-corrected chi connectivity index (χ4v) is 2.67. The molecule has 1 N–H and O–H groups in total. The Bertz CT molecular complexity index is 487. The van der Waals surface area contributed by atoms with Gasteiger partial charge in [0.15, 0.2) is 0 Å². The molecule has 1 aliphatic rings. The SMILES string of the molecule is CC1CC1(CNC(C)(C)C)c1cccc(C(F)(F)F)c1. The van der Waals surface area contributed by atoms with Crippen molar-refractivity contribution in [2.75, 3.05) is 6.54 Å². The first-order valence-corrected chi connectivity index (χ1v) is 6.97. The molecule has 1 aromatic rings. The topological polar surface area (TPSA) is 12.0 Å². The molecule has 0 heterocycles. The van der Waals surface area contributed by atoms with Crippen molar-refractivity contribution in [1.82, 2.24) is 5.32 Å². The zero-order valence-electron chi connectivity index (χ0n) is 12.4. The van der Waals surface area contributed by atoms with Crippen LogP contribution in [0.3, 0.4) is 0 Å². The van der Waals surface area contributed by atoms with Gasteiger partial charge in [-0.05, 0) is 44.7 Å². The standard InChI is InChI=1S/C16H22F3N/c1-11-9-15(11,10-20-14(2,3)4)12-6-5-7-13(8-12)16(17,18)19/h5-8,11,20H,9-10H2,1-4H3. The number of benzene rings is 1. The van der Waals surface area contributed by atoms with Crippen LogP contribution in [0.15, 0.2) is 24.3 Å². The normalized spacial score (nSPS) is 26.6. The lowest BCUT2D eigenvalue weighted by Crippen LogP contribution is -2.41. The minimum Gasteiger partial charge on any atom is -0.311 e. The van der Waals surface area contributed by atoms with Gasteiger partial charge in [-0.25, -0.2) is 0 Å². The second-order valence-electron chi connectivity index (χ2n) is 6.94. The monoisotopic (exact) mass is 285 g/mol. The summed E-state index contributed by atoms with van der Waals surface area (Å²) in [7, 11) is 0. The lowest BCUT2D eigenvalue weighted by molar-refractivity contribution is -0.137. The molecule has 0 amide bonds. The van der Waals surface area contributed by atoms with Gasteiger partial charge in [0, 0.05) is 17.5 Å². The Balaban J connectivity index is 2.25. The zero-order valence-corrected chi connectivity index (χ0v) is 12.4. The molecule has 1 aromatic carbocycles. The Morgan fingerprint density at radius 2 is 1.85 bits per heavy atom. The molecule has 1 saturated carbocycles. The van der Waals surface area contributed by atoms with Gasteiger partial charge in [-0.2, -0.15) is 13.2 Å². The number of rotatable bonds is 3. The van der Waals surface area contributed by atoms with Gasteiger partial charge >= 0.3 is 6.18 Å². The van der Waals surface area contributed by atoms with E-state index >= 15 is 0 Å². The van der Waals surface area contributed by atoms with Crippen LogP contribution in [-0.4, -0.2) is 12.1 Å². The van der Waals surface area contributed by atoms with Gasteiger partial charge < -0.3 is 5.32 Å². The molecule has 0 radical (unpaired) electrons. The quantitative estimate of drug-likeness (QED) is 0.869. The molecule has 1 fully saturated rings. The number of nitrogens with one attached hydrogen (secondary N) is 1. The highest BCUT2D eigenvalue weighted by Gasteiger charge is 2.52. The number of hydrogen-bond acceptors (Lipinski definition) is 1. The van der Waals surface area contributed by atoms with E-state index < -0.39 is 11.7 Å². The Morgan fingerprint density at radius 3 is 2.30 bits per heavy atom. The largest absolute Gasteiger partial charge is 0.416 e. The summed E-state index contributed by atoms with van der Waals surface area (Å²) in [6.45, 7) is 9.03. The van der Waals surface area contributed by atoms with E-state index in [-0.39, 0.29) is 11.0 Å². The van der Waals surface area contributed by atoms with Crippen LogP contribution in [0.4, 0.5) is 13.2 Å². The van der Waals surface area contributed by atoms with E-state index in [0.29, 0.717) is 5.92 Å². The molecule has 0 saturated heterocycles. The Morgan fingerprint density at radius 1 is 1.25 bits per heavy atom. The third-order valence-corrected chi connectivity index (χ3v) is 4.15. The summed E-state index contributed by atoms with van der Waals surface area (Å²) in [5.41, 5.74) is 0.0756. The highest BCUT2D eigenvalue weighted by Crippen LogP contribution is 2.54. The summed E-state index contributed by atoms with van der Waals surface area (Å²) in [5, 5.41) is 3.43. The van der Waals surface area contributed by atoms with Gasteiger partial charge in [0.1, 0.15) is 0 Å². The molecular formula is C16H22F3N. The molecule has 1 nitrogen and oxygen atoms in total. The molecule has 2 unspecified atom stereocenters. The van der Waals surface area contributed by atoms with Crippen LogP contribution in [0.5, 0.6) is 0 Å². The van der Waals surface area contributed by atoms with Crippen molar-refractivity contribution in [3.63, 3.8) is 0 Å². The maximum Gasteiger partial charge on any atom is 0.416 e. The van der Waals surface area contributed by atoms with Crippen molar-refractivity contribution in [1.29, 1.82) is 0 Å². The second-order valence-corrected chi connectivity index (χ2v) is 6.94. The third-order valence-electron chi connectivity index (χ3n) is 4.15. The summed E-state index contributed by atoms with van der Waals surface area (Å²) >= 11 is 0. The summed E-state index contributed by atoms with van der Waals surface area (Å²) in [6, 6.07) is 5.79. The molecule has 112 valence electrons. The number of hydrogen-bond donors (Lipinski definition) is 1. The van der Waals surface area contributed by atoms with Gasteiger partial charge in [-0.15, -0.1) is 0 Å². The van der Waals surface area contributed by atoms with Crippen LogP contribution in [0.25, 0.3) is 0 Å². The third kappa shape index (κ3) is 3.17. The second kappa shape index (κ2) is 4.76. The number of alkyl halides is 3. The maximum atomic E-state index is 12.8. The van der Waals surface area contributed by atoms with Crippen molar-refractivity contribution in [3.05, 3.63) is 35.4 Å². The predicted octanol–water partition coefficient (Wildman–Crippen LogP) is 4.37. The van der Waals surface area contributed by atoms with Gasteiger partial charge in [0.05, 0.1) is 5.56 Å². The van der Waals surface area contributed by atoms with Crippen LogP contribution < -0.4 is 5.32 Å². The first-order valence-electron chi connectivity index (χ1n) is 6.97. The van der Waals surface area contributed by atoms with E-state index in [1.165, 1.54) is 12.1 Å². The molecule has 0 spiro atoms. The molecule has 4 heteroatoms. The molecule has 0 aromatic heterocycles. The van der Waals surface area contributed by atoms with Crippen molar-refractivity contribution in [2.24, 2.45) is 5.92 Å². The first-order chi connectivity index (χ1) is 9.05. The van der Waals surface area contributed by atoms with Gasteiger partial charge in [-0.1, -0.05) is 25.1 Å². The average molecular weight is 285 g/mol. The molecule has 2 rings (SSSR count). The minimum atomic E-state index is -4.27. The highest BCUT2D eigenvalue weighted by atomic mass is 19.4. The summed E-state index contributed by atoms with van der Waals surface area (Å²) in [4.78, 5) is 0. The predicted molar refractivity (Wildman–Crippen MR) is 74.7 cm³/mol. The van der Waals surface area contributed by atoms with Crippen LogP contribution in [0.1, 0.15) is 45.2 Å². The van der Waals surface area contributed by atoms with Gasteiger partial charge in [0.2, 0.25) is 0 Å². The van der Waals surface area contributed by atoms with Crippen LogP contribution in [0, 0.1) is 5.92 Å². The van der Waals surface area contributed by atoms with Crippen LogP contribution in [0.2, 0.25) is 0 Å². The van der Waals surface area contributed by atoms with E-state index in [1.54, 1.807) is 0 Å². The van der Waals surface area contributed by atoms with Crippen molar-refractivity contribution >= 4 is 0 Å². The van der Waals surface area contributed by atoms with E-state index in [4.69, 9.17) is 0 Å². The Labute approximate surface area is 118 Å². The molecule has 20 heavy (non-hydrogen) atoms. The maximum absolute atomic E-state index is 12.8. The molecule has 0 bridgehead atoms. The Kier molecular flexibility index (Phi) is 3.66. The fourth-order valence-electron chi connectivity index (χ4n) is 2.67. The van der Waals surface area contributed by atoms with Gasteiger partial charge in [-0.3, -0.25) is 0 Å². The smallest absolute Gasteiger partial charge is 0.311 e. The van der Waals surface area contributed by atoms with Crippen molar-refractivity contribution in [3.8, 4) is 0 Å². The fraction of sp³-hybridized carbons (Fsp3) is 0.625. The minimum absolute atomic E-state index is 0.0308. The Hall–Kier alpha value is -1.03. The van der Waals surface area contributed by atoms with E-state index in [1.807, 2.05) is 6.07 Å². The number of halogens is 3. The molecule has 1 aliphatic carbocycles. The lowest BCUT2D eigenvalue weighted by atomic mass is 9.91.